The summed E-state index contributed by atoms with van der Waals surface area (Å²) in [7, 11) is 0. The first-order valence-corrected chi connectivity index (χ1v) is 21.7. The van der Waals surface area contributed by atoms with Gasteiger partial charge in [-0.3, -0.25) is 52.9 Å². The predicted molar refractivity (Wildman–Crippen MR) is 230 cm³/mol. The number of carboxylic acids is 4. The Morgan fingerprint density at radius 3 is 1.68 bits per heavy atom. The van der Waals surface area contributed by atoms with Crippen molar-refractivity contribution in [2.24, 2.45) is 34.0 Å². The molecule has 2 saturated heterocycles. The van der Waals surface area contributed by atoms with Crippen molar-refractivity contribution >= 4 is 71.2 Å². The van der Waals surface area contributed by atoms with Crippen molar-refractivity contribution in [3.8, 4) is 0 Å². The second-order valence-electron chi connectivity index (χ2n) is 17.0. The Morgan fingerprint density at radius 2 is 1.15 bits per heavy atom. The molecule has 0 saturated carbocycles. The summed E-state index contributed by atoms with van der Waals surface area (Å²) in [5.41, 5.74) is 16.5. The molecular weight excluding hydrogens is 875 g/mol. The Bertz CT molecular complexity index is 1840. The van der Waals surface area contributed by atoms with E-state index in [1.807, 2.05) is 0 Å². The Kier molecular flexibility index (Phi) is 22.2. The number of carbonyl (C=O) groups is 11. The van der Waals surface area contributed by atoms with Crippen molar-refractivity contribution in [1.29, 1.82) is 0 Å². The summed E-state index contributed by atoms with van der Waals surface area (Å²) in [6.45, 7) is 6.62. The number of carboxylic acid groups (broad SMARTS) is 4. The number of guanidine groups is 1. The minimum atomic E-state index is -1.78. The predicted octanol–water partition coefficient (Wildman–Crippen LogP) is -3.63. The van der Waals surface area contributed by atoms with Crippen molar-refractivity contribution in [1.82, 2.24) is 36.4 Å². The number of hydrogen-bond donors (Lipinski definition) is 12. The summed E-state index contributed by atoms with van der Waals surface area (Å²) in [6, 6.07) is -11.4. The Morgan fingerprint density at radius 1 is 0.621 bits per heavy atom. The van der Waals surface area contributed by atoms with Gasteiger partial charge >= 0.3 is 23.9 Å². The number of nitrogens with one attached hydrogen (secondary N) is 5. The standard InChI is InChI=1S/C40H65N11O15/c1-19(2)16-24(47-32(58)21(41)17-29(54)55)34(60)48-25(18-30(56)57)38(64)50-14-6-9-26(50)35(61)45-22(11-12-28(52)53)33(59)49-31(20(3)4)36(62)46-23(8-5-13-44-40(42)43)37(63)51-15-7-10-27(51)39(65)66/h19-27,31H,5-18,41H2,1-4H3,(H,45,61)(H,46,62)(H,47,58)(H,48,60)(H,49,59)(H,52,53)(H,54,55)(H,56,57)(H,65,66)(H4,42,43,44)/t21-,22-,23-,24-,25-,26-,27-,31-/m0/s1. The average molecular weight is 940 g/mol. The van der Waals surface area contributed by atoms with Crippen LogP contribution in [0.4, 0.5) is 0 Å². The molecule has 66 heavy (non-hydrogen) atoms. The summed E-state index contributed by atoms with van der Waals surface area (Å²) in [6.07, 6.45) is -1.88. The number of nitrogens with zero attached hydrogens (tertiary/aromatic N) is 3. The van der Waals surface area contributed by atoms with Crippen molar-refractivity contribution in [3.63, 3.8) is 0 Å². The molecule has 15 N–H and O–H groups in total. The Labute approximate surface area is 380 Å². The molecular formula is C40H65N11O15. The van der Waals surface area contributed by atoms with Crippen LogP contribution in [-0.4, -0.2) is 169 Å². The van der Waals surface area contributed by atoms with Crippen LogP contribution in [0.5, 0.6) is 0 Å². The summed E-state index contributed by atoms with van der Waals surface area (Å²) < 4.78 is 0. The summed E-state index contributed by atoms with van der Waals surface area (Å²) in [5, 5.41) is 50.1. The quantitative estimate of drug-likeness (QED) is 0.0215. The number of carbonyl (C=O) groups excluding carboxylic acids is 7. The molecule has 0 spiro atoms. The highest BCUT2D eigenvalue weighted by atomic mass is 16.4. The van der Waals surface area contributed by atoms with Crippen molar-refractivity contribution < 1.29 is 73.2 Å². The highest BCUT2D eigenvalue weighted by Gasteiger charge is 2.42. The molecule has 370 valence electrons. The fourth-order valence-electron chi connectivity index (χ4n) is 7.52. The van der Waals surface area contributed by atoms with E-state index in [4.69, 9.17) is 22.3 Å². The van der Waals surface area contributed by atoms with Crippen LogP contribution in [0, 0.1) is 11.8 Å². The second kappa shape index (κ2) is 26.4. The van der Waals surface area contributed by atoms with Gasteiger partial charge in [0.2, 0.25) is 41.4 Å². The maximum Gasteiger partial charge on any atom is 0.326 e. The minimum absolute atomic E-state index is 0.00145. The first kappa shape index (κ1) is 55.5. The van der Waals surface area contributed by atoms with E-state index in [1.165, 1.54) is 0 Å². The molecule has 0 aliphatic carbocycles. The third kappa shape index (κ3) is 17.8. The number of likely N-dealkylation sites (tertiary alicyclic amines) is 2. The molecule has 0 unspecified atom stereocenters. The lowest BCUT2D eigenvalue weighted by Crippen LogP contribution is -2.60. The van der Waals surface area contributed by atoms with Crippen molar-refractivity contribution in [2.45, 2.75) is 147 Å². The highest BCUT2D eigenvalue weighted by Crippen LogP contribution is 2.22. The zero-order valence-electron chi connectivity index (χ0n) is 37.5. The first-order valence-electron chi connectivity index (χ1n) is 21.7. The molecule has 7 amide bonds. The number of aliphatic imine (C=N–C) groups is 1. The van der Waals surface area contributed by atoms with Gasteiger partial charge in [-0.1, -0.05) is 27.7 Å². The maximum absolute atomic E-state index is 14.0. The van der Waals surface area contributed by atoms with Crippen LogP contribution < -0.4 is 43.8 Å². The zero-order valence-corrected chi connectivity index (χ0v) is 37.5. The average Bonchev–Trinajstić information content (AvgIpc) is 3.92. The van der Waals surface area contributed by atoms with Crippen molar-refractivity contribution in [3.05, 3.63) is 0 Å². The van der Waals surface area contributed by atoms with Gasteiger partial charge in [-0.05, 0) is 63.2 Å². The van der Waals surface area contributed by atoms with E-state index >= 15 is 0 Å². The first-order chi connectivity index (χ1) is 30.8. The van der Waals surface area contributed by atoms with E-state index < -0.39 is 145 Å². The van der Waals surface area contributed by atoms with Crippen LogP contribution in [0.15, 0.2) is 4.99 Å². The van der Waals surface area contributed by atoms with E-state index in [0.29, 0.717) is 6.42 Å². The SMILES string of the molecule is CC(C)C[C@H](NC(=O)[C@@H](N)CC(=O)O)C(=O)N[C@@H](CC(=O)O)C(=O)N1CCC[C@H]1C(=O)N[C@@H](CCC(=O)O)C(=O)N[C@H](C(=O)N[C@@H](CCCN=C(N)N)C(=O)N1CCC[C@H]1C(=O)O)C(C)C. The molecule has 0 aromatic carbocycles. The van der Waals surface area contributed by atoms with Gasteiger partial charge in [-0.15, -0.1) is 0 Å². The second-order valence-corrected chi connectivity index (χ2v) is 17.0. The highest BCUT2D eigenvalue weighted by molar-refractivity contribution is 5.99. The molecule has 2 aliphatic heterocycles. The topological polar surface area (TPSA) is 426 Å². The lowest BCUT2D eigenvalue weighted by Gasteiger charge is -2.31. The smallest absolute Gasteiger partial charge is 0.326 e. The zero-order chi connectivity index (χ0) is 50.0. The van der Waals surface area contributed by atoms with E-state index in [0.717, 1.165) is 9.80 Å². The number of aliphatic carboxylic acids is 4. The van der Waals surface area contributed by atoms with Gasteiger partial charge in [-0.25, -0.2) is 4.79 Å². The number of hydrogen-bond acceptors (Lipinski definition) is 13. The van der Waals surface area contributed by atoms with Gasteiger partial charge in [0.25, 0.3) is 0 Å². The van der Waals surface area contributed by atoms with Gasteiger partial charge in [-0.2, -0.15) is 0 Å². The third-order valence-electron chi connectivity index (χ3n) is 10.8. The van der Waals surface area contributed by atoms with Crippen molar-refractivity contribution in [2.75, 3.05) is 19.6 Å². The third-order valence-corrected chi connectivity index (χ3v) is 10.8. The minimum Gasteiger partial charge on any atom is -0.481 e. The van der Waals surface area contributed by atoms with E-state index in [2.05, 4.69) is 31.6 Å². The maximum atomic E-state index is 14.0. The molecule has 2 rings (SSSR count). The molecule has 0 radical (unpaired) electrons. The lowest BCUT2D eigenvalue weighted by atomic mass is 10.0. The fraction of sp³-hybridized carbons (Fsp3) is 0.700. The molecule has 2 fully saturated rings. The molecule has 2 aliphatic rings. The number of amides is 7. The van der Waals surface area contributed by atoms with Crippen LogP contribution in [0.1, 0.15) is 98.3 Å². The lowest BCUT2D eigenvalue weighted by molar-refractivity contribution is -0.149. The monoisotopic (exact) mass is 939 g/mol. The molecule has 8 atom stereocenters. The van der Waals surface area contributed by atoms with Gasteiger partial charge in [0.1, 0.15) is 42.3 Å². The molecule has 2 heterocycles. The van der Waals surface area contributed by atoms with E-state index in [9.17, 15) is 68.1 Å². The summed E-state index contributed by atoms with van der Waals surface area (Å²) in [5.74, 6) is -13.0. The molecule has 26 nitrogen and oxygen atoms in total. The van der Waals surface area contributed by atoms with Gasteiger partial charge in [0, 0.05) is 26.1 Å². The number of rotatable bonds is 27. The van der Waals surface area contributed by atoms with Crippen LogP contribution in [0.2, 0.25) is 0 Å². The van der Waals surface area contributed by atoms with E-state index in [1.54, 1.807) is 27.7 Å². The Balaban J connectivity index is 2.34. The Hall–Kier alpha value is -6.60. The van der Waals surface area contributed by atoms with E-state index in [-0.39, 0.29) is 70.0 Å². The van der Waals surface area contributed by atoms with Gasteiger partial charge < -0.3 is 74.0 Å². The van der Waals surface area contributed by atoms with Crippen LogP contribution in [0.3, 0.4) is 0 Å². The fourth-order valence-corrected chi connectivity index (χ4v) is 7.52. The molecule has 0 aromatic rings. The number of nitrogens with two attached hydrogens (primary N) is 3. The van der Waals surface area contributed by atoms with Gasteiger partial charge in [0.05, 0.1) is 18.9 Å². The van der Waals surface area contributed by atoms with Crippen LogP contribution in [0.25, 0.3) is 0 Å². The van der Waals surface area contributed by atoms with Crippen LogP contribution >= 0.6 is 0 Å². The molecule has 0 aromatic heterocycles. The largest absolute Gasteiger partial charge is 0.481 e. The van der Waals surface area contributed by atoms with Crippen LogP contribution in [-0.2, 0) is 52.7 Å². The van der Waals surface area contributed by atoms with Gasteiger partial charge in [0.15, 0.2) is 5.96 Å². The normalized spacial score (nSPS) is 18.5. The summed E-state index contributed by atoms with van der Waals surface area (Å²) in [4.78, 5) is 148. The summed E-state index contributed by atoms with van der Waals surface area (Å²) >= 11 is 0. The molecule has 26 heteroatoms. The molecule has 0 bridgehead atoms.